The zero-order valence-electron chi connectivity index (χ0n) is 10.7. The first-order chi connectivity index (χ1) is 9.09. The van der Waals surface area contributed by atoms with Crippen molar-refractivity contribution in [2.45, 2.75) is 16.7 Å². The number of carbonyl (C=O) groups is 1. The van der Waals surface area contributed by atoms with Gasteiger partial charge in [0.05, 0.1) is 0 Å². The van der Waals surface area contributed by atoms with Crippen LogP contribution in [0.2, 0.25) is 0 Å². The van der Waals surface area contributed by atoms with Crippen molar-refractivity contribution in [2.75, 3.05) is 0 Å². The minimum atomic E-state index is -0.935. The second kappa shape index (κ2) is 8.16. The molecule has 0 saturated heterocycles. The van der Waals surface area contributed by atoms with Crippen molar-refractivity contribution in [1.29, 1.82) is 0 Å². The third-order valence-electron chi connectivity index (χ3n) is 2.09. The van der Waals surface area contributed by atoms with E-state index >= 15 is 0 Å². The maximum Gasteiger partial charge on any atom is 0.330 e. The first-order valence-corrected chi connectivity index (χ1v) is 6.58. The van der Waals surface area contributed by atoms with Crippen LogP contribution in [0, 0.1) is 0 Å². The summed E-state index contributed by atoms with van der Waals surface area (Å²) in [4.78, 5) is 12.2. The molecule has 0 aromatic heterocycles. The molecular formula is C16H16O2S. The zero-order chi connectivity index (χ0) is 14.1. The molecule has 0 aliphatic carbocycles. The number of carboxylic acids is 1. The van der Waals surface area contributed by atoms with Gasteiger partial charge in [-0.2, -0.15) is 0 Å². The van der Waals surface area contributed by atoms with Crippen molar-refractivity contribution in [3.63, 3.8) is 0 Å². The van der Waals surface area contributed by atoms with Crippen molar-refractivity contribution in [3.8, 4) is 0 Å². The molecule has 2 rings (SSSR count). The van der Waals surface area contributed by atoms with E-state index in [1.165, 1.54) is 16.7 Å². The highest BCUT2D eigenvalue weighted by Crippen LogP contribution is 2.26. The molecule has 0 fully saturated rings. The lowest BCUT2D eigenvalue weighted by Gasteiger charge is -1.99. The Morgan fingerprint density at radius 1 is 0.947 bits per heavy atom. The van der Waals surface area contributed by atoms with Gasteiger partial charge in [0.25, 0.3) is 0 Å². The van der Waals surface area contributed by atoms with Gasteiger partial charge in [-0.25, -0.2) is 4.79 Å². The molecule has 0 saturated carbocycles. The van der Waals surface area contributed by atoms with Crippen molar-refractivity contribution in [3.05, 3.63) is 72.8 Å². The van der Waals surface area contributed by atoms with Crippen LogP contribution in [0.5, 0.6) is 0 Å². The van der Waals surface area contributed by atoms with Crippen LogP contribution in [0.15, 0.2) is 82.6 Å². The number of aliphatic carboxylic acids is 1. The van der Waals surface area contributed by atoms with E-state index in [0.29, 0.717) is 0 Å². The van der Waals surface area contributed by atoms with Crippen LogP contribution in [0.25, 0.3) is 0 Å². The number of carboxylic acid groups (broad SMARTS) is 1. The second-order valence-corrected chi connectivity index (χ2v) is 4.96. The van der Waals surface area contributed by atoms with Gasteiger partial charge in [-0.3, -0.25) is 0 Å². The summed E-state index contributed by atoms with van der Waals surface area (Å²) in [5.74, 6) is -0.935. The van der Waals surface area contributed by atoms with Gasteiger partial charge in [0.2, 0.25) is 0 Å². The molecular weight excluding hydrogens is 256 g/mol. The van der Waals surface area contributed by atoms with Gasteiger partial charge in [0.15, 0.2) is 0 Å². The van der Waals surface area contributed by atoms with Gasteiger partial charge in [-0.05, 0) is 31.2 Å². The van der Waals surface area contributed by atoms with Crippen molar-refractivity contribution in [1.82, 2.24) is 0 Å². The molecule has 2 aromatic rings. The molecule has 0 aliphatic rings. The highest BCUT2D eigenvalue weighted by atomic mass is 32.2. The molecule has 0 radical (unpaired) electrons. The molecule has 0 unspecified atom stereocenters. The van der Waals surface area contributed by atoms with Gasteiger partial charge in [-0.15, -0.1) is 0 Å². The van der Waals surface area contributed by atoms with E-state index in [9.17, 15) is 4.79 Å². The summed E-state index contributed by atoms with van der Waals surface area (Å²) in [6.07, 6.45) is 0. The Labute approximate surface area is 117 Å². The van der Waals surface area contributed by atoms with Gasteiger partial charge < -0.3 is 5.11 Å². The lowest BCUT2D eigenvalue weighted by molar-refractivity contribution is -0.132. The van der Waals surface area contributed by atoms with Crippen LogP contribution < -0.4 is 0 Å². The second-order valence-electron chi connectivity index (χ2n) is 3.81. The summed E-state index contributed by atoms with van der Waals surface area (Å²) in [5, 5.41) is 7.89. The quantitative estimate of drug-likeness (QED) is 0.837. The van der Waals surface area contributed by atoms with Crippen molar-refractivity contribution in [2.24, 2.45) is 0 Å². The molecule has 2 nitrogen and oxygen atoms in total. The van der Waals surface area contributed by atoms with E-state index in [4.69, 9.17) is 5.11 Å². The van der Waals surface area contributed by atoms with Gasteiger partial charge in [-0.1, -0.05) is 54.7 Å². The summed E-state index contributed by atoms with van der Waals surface area (Å²) in [6.45, 7) is 4.60. The number of hydrogen-bond donors (Lipinski definition) is 1. The Morgan fingerprint density at radius 2 is 1.26 bits per heavy atom. The lowest BCUT2D eigenvalue weighted by atomic mass is 10.4. The Kier molecular flexibility index (Phi) is 6.47. The van der Waals surface area contributed by atoms with E-state index in [0.717, 1.165) is 0 Å². The van der Waals surface area contributed by atoms with E-state index in [2.05, 4.69) is 55.1 Å². The Hall–Kier alpha value is -2.00. The molecule has 3 heteroatoms. The molecule has 0 spiro atoms. The number of benzene rings is 2. The van der Waals surface area contributed by atoms with Crippen LogP contribution in [0.1, 0.15) is 6.92 Å². The van der Waals surface area contributed by atoms with E-state index < -0.39 is 5.97 Å². The lowest BCUT2D eigenvalue weighted by Crippen LogP contribution is -1.92. The number of hydrogen-bond acceptors (Lipinski definition) is 2. The average molecular weight is 272 g/mol. The van der Waals surface area contributed by atoms with Crippen molar-refractivity contribution < 1.29 is 9.90 Å². The molecule has 19 heavy (non-hydrogen) atoms. The summed E-state index contributed by atoms with van der Waals surface area (Å²) < 4.78 is 0. The Morgan fingerprint density at radius 3 is 1.53 bits per heavy atom. The van der Waals surface area contributed by atoms with E-state index in [-0.39, 0.29) is 5.57 Å². The summed E-state index contributed by atoms with van der Waals surface area (Å²) in [5.41, 5.74) is 0.176. The van der Waals surface area contributed by atoms with E-state index in [1.807, 2.05) is 12.1 Å². The van der Waals surface area contributed by atoms with Crippen LogP contribution in [-0.4, -0.2) is 11.1 Å². The van der Waals surface area contributed by atoms with Crippen LogP contribution >= 0.6 is 11.8 Å². The fraction of sp³-hybridized carbons (Fsp3) is 0.0625. The summed E-state index contributed by atoms with van der Waals surface area (Å²) in [6, 6.07) is 20.8. The third-order valence-corrected chi connectivity index (χ3v) is 3.10. The SMILES string of the molecule is C=C(C)C(=O)O.c1ccc(Sc2ccccc2)cc1. The average Bonchev–Trinajstić information content (AvgIpc) is 2.41. The van der Waals surface area contributed by atoms with Gasteiger partial charge in [0.1, 0.15) is 0 Å². The third kappa shape index (κ3) is 6.48. The minimum absolute atomic E-state index is 0.176. The van der Waals surface area contributed by atoms with E-state index in [1.54, 1.807) is 11.8 Å². The molecule has 98 valence electrons. The Balaban J connectivity index is 0.000000258. The maximum absolute atomic E-state index is 9.60. The molecule has 2 aromatic carbocycles. The molecule has 0 amide bonds. The molecule has 0 heterocycles. The zero-order valence-corrected chi connectivity index (χ0v) is 11.6. The van der Waals surface area contributed by atoms with Crippen molar-refractivity contribution >= 4 is 17.7 Å². The van der Waals surface area contributed by atoms with Crippen LogP contribution in [0.4, 0.5) is 0 Å². The first kappa shape index (κ1) is 15.1. The first-order valence-electron chi connectivity index (χ1n) is 5.76. The summed E-state index contributed by atoms with van der Waals surface area (Å²) >= 11 is 1.79. The predicted octanol–water partition coefficient (Wildman–Crippen LogP) is 4.48. The normalized spacial score (nSPS) is 9.11. The molecule has 1 N–H and O–H groups in total. The number of rotatable bonds is 3. The Bertz CT molecular complexity index is 471. The van der Waals surface area contributed by atoms with Crippen LogP contribution in [0.3, 0.4) is 0 Å². The highest BCUT2D eigenvalue weighted by Gasteiger charge is 1.93. The monoisotopic (exact) mass is 272 g/mol. The largest absolute Gasteiger partial charge is 0.478 e. The highest BCUT2D eigenvalue weighted by molar-refractivity contribution is 7.99. The summed E-state index contributed by atoms with van der Waals surface area (Å²) in [7, 11) is 0. The standard InChI is InChI=1S/C12H10S.C4H6O2/c1-3-7-11(8-4-1)13-12-9-5-2-6-10-12;1-3(2)4(5)6/h1-10H;1H2,2H3,(H,5,6). The topological polar surface area (TPSA) is 37.3 Å². The predicted molar refractivity (Wildman–Crippen MR) is 79.5 cm³/mol. The smallest absolute Gasteiger partial charge is 0.330 e. The van der Waals surface area contributed by atoms with Crippen LogP contribution in [-0.2, 0) is 4.79 Å². The fourth-order valence-corrected chi connectivity index (χ4v) is 1.97. The molecule has 0 aliphatic heterocycles. The van der Waals surface area contributed by atoms with Gasteiger partial charge >= 0.3 is 5.97 Å². The maximum atomic E-state index is 9.60. The fourth-order valence-electron chi connectivity index (χ4n) is 1.11. The molecule has 0 bridgehead atoms. The van der Waals surface area contributed by atoms with Gasteiger partial charge in [0, 0.05) is 15.4 Å². The minimum Gasteiger partial charge on any atom is -0.478 e. The molecule has 0 atom stereocenters.